The van der Waals surface area contributed by atoms with E-state index < -0.39 is 0 Å². The van der Waals surface area contributed by atoms with Crippen molar-refractivity contribution in [3.63, 3.8) is 0 Å². The van der Waals surface area contributed by atoms with Crippen LogP contribution < -0.4 is 0 Å². The van der Waals surface area contributed by atoms with Gasteiger partial charge in [-0.2, -0.15) is 0 Å². The highest BCUT2D eigenvalue weighted by molar-refractivity contribution is 4.99. The van der Waals surface area contributed by atoms with Gasteiger partial charge in [-0.05, 0) is 75.5 Å². The third kappa shape index (κ3) is 3.47. The van der Waals surface area contributed by atoms with E-state index in [1.807, 2.05) is 0 Å². The molecule has 0 aliphatic carbocycles. The first-order valence-corrected chi connectivity index (χ1v) is 8.96. The average Bonchev–Trinajstić information content (AvgIpc) is 2.93. The third-order valence-corrected chi connectivity index (χ3v) is 6.81. The first-order valence-electron chi connectivity index (χ1n) is 8.96. The number of likely N-dealkylation sites (tertiary alicyclic amines) is 2. The Labute approximate surface area is 133 Å². The molecule has 0 N–H and O–H groups in total. The van der Waals surface area contributed by atoms with Gasteiger partial charge in [0.2, 0.25) is 0 Å². The van der Waals surface area contributed by atoms with E-state index in [1.165, 1.54) is 51.7 Å². The van der Waals surface area contributed by atoms with Crippen molar-refractivity contribution in [3.8, 4) is 0 Å². The van der Waals surface area contributed by atoms with Gasteiger partial charge in [0.25, 0.3) is 0 Å². The van der Waals surface area contributed by atoms with Gasteiger partial charge in [0.1, 0.15) is 0 Å². The zero-order chi connectivity index (χ0) is 15.9. The Kier molecular flexibility index (Phi) is 4.81. The molecule has 2 rings (SSSR count). The van der Waals surface area contributed by atoms with E-state index in [-0.39, 0.29) is 0 Å². The fraction of sp³-hybridized carbons (Fsp3) is 1.00. The Balaban J connectivity index is 2.05. The Morgan fingerprint density at radius 1 is 1.05 bits per heavy atom. The van der Waals surface area contributed by atoms with Gasteiger partial charge in [0.05, 0.1) is 0 Å². The van der Waals surface area contributed by atoms with Crippen LogP contribution in [0.15, 0.2) is 0 Å². The number of hydrogen-bond acceptors (Lipinski definition) is 2. The monoisotopic (exact) mass is 294 g/mol. The number of hydrogen-bond donors (Lipinski definition) is 0. The summed E-state index contributed by atoms with van der Waals surface area (Å²) in [4.78, 5) is 5.14. The molecule has 0 radical (unpaired) electrons. The molecule has 0 bridgehead atoms. The summed E-state index contributed by atoms with van der Waals surface area (Å²) in [5.41, 5.74) is 1.37. The summed E-state index contributed by atoms with van der Waals surface area (Å²) in [7, 11) is 4.62. The summed E-state index contributed by atoms with van der Waals surface area (Å²) >= 11 is 0. The highest BCUT2D eigenvalue weighted by atomic mass is 15.2. The molecule has 2 heterocycles. The molecule has 2 aliphatic heterocycles. The molecule has 2 heteroatoms. The van der Waals surface area contributed by atoms with Crippen LogP contribution in [0, 0.1) is 16.2 Å². The predicted molar refractivity (Wildman–Crippen MR) is 92.7 cm³/mol. The average molecular weight is 295 g/mol. The van der Waals surface area contributed by atoms with E-state index >= 15 is 0 Å². The van der Waals surface area contributed by atoms with Gasteiger partial charge in [0.15, 0.2) is 0 Å². The first-order chi connectivity index (χ1) is 9.57. The van der Waals surface area contributed by atoms with Crippen LogP contribution in [0.5, 0.6) is 0 Å². The summed E-state index contributed by atoms with van der Waals surface area (Å²) in [5, 5.41) is 0. The van der Waals surface area contributed by atoms with Gasteiger partial charge in [-0.1, -0.05) is 34.6 Å². The Hall–Kier alpha value is -0.0800. The second kappa shape index (κ2) is 5.85. The maximum Gasteiger partial charge on any atom is 0.0144 e. The molecule has 2 atom stereocenters. The lowest BCUT2D eigenvalue weighted by Gasteiger charge is -2.45. The zero-order valence-electron chi connectivity index (χ0n) is 15.6. The van der Waals surface area contributed by atoms with Crippen LogP contribution in [0.2, 0.25) is 0 Å². The molecule has 2 unspecified atom stereocenters. The summed E-state index contributed by atoms with van der Waals surface area (Å²) in [5.74, 6) is 0. The maximum absolute atomic E-state index is 2.60. The highest BCUT2D eigenvalue weighted by Crippen LogP contribution is 2.51. The van der Waals surface area contributed by atoms with Gasteiger partial charge < -0.3 is 9.80 Å². The van der Waals surface area contributed by atoms with Crippen LogP contribution in [0.3, 0.4) is 0 Å². The van der Waals surface area contributed by atoms with Gasteiger partial charge in [0, 0.05) is 12.6 Å². The molecule has 2 nitrogen and oxygen atoms in total. The van der Waals surface area contributed by atoms with Crippen LogP contribution in [0.25, 0.3) is 0 Å². The molecule has 0 aromatic rings. The summed E-state index contributed by atoms with van der Waals surface area (Å²) in [6.45, 7) is 16.3. The minimum atomic E-state index is 0.412. The largest absolute Gasteiger partial charge is 0.306 e. The SMILES string of the molecule is CN1CCC(CCC(C)(C)C2CCCN2C)(C(C)(C)C)C1. The topological polar surface area (TPSA) is 6.48 Å². The molecular weight excluding hydrogens is 256 g/mol. The lowest BCUT2D eigenvalue weighted by molar-refractivity contribution is 0.0509. The fourth-order valence-corrected chi connectivity index (χ4v) is 4.90. The molecule has 21 heavy (non-hydrogen) atoms. The van der Waals surface area contributed by atoms with Gasteiger partial charge >= 0.3 is 0 Å². The van der Waals surface area contributed by atoms with Crippen LogP contribution in [0.1, 0.15) is 66.7 Å². The standard InChI is InChI=1S/C19H38N2/c1-17(2,3)19(12-14-20(6)15-19)11-10-18(4,5)16-9-8-13-21(16)7/h16H,8-15H2,1-7H3. The molecule has 2 aliphatic rings. The fourth-order valence-electron chi connectivity index (χ4n) is 4.90. The molecular formula is C19H38N2. The number of nitrogens with zero attached hydrogens (tertiary/aromatic N) is 2. The van der Waals surface area contributed by atoms with Crippen LogP contribution in [0.4, 0.5) is 0 Å². The molecule has 0 aromatic heterocycles. The van der Waals surface area contributed by atoms with Gasteiger partial charge in [-0.25, -0.2) is 0 Å². The molecule has 0 spiro atoms. The lowest BCUT2D eigenvalue weighted by Crippen LogP contribution is -2.42. The number of rotatable bonds is 4. The molecule has 2 saturated heterocycles. The van der Waals surface area contributed by atoms with Crippen molar-refractivity contribution in [1.29, 1.82) is 0 Å². The van der Waals surface area contributed by atoms with Crippen molar-refractivity contribution < 1.29 is 0 Å². The highest BCUT2D eigenvalue weighted by Gasteiger charge is 2.47. The second-order valence-corrected chi connectivity index (χ2v) is 9.65. The van der Waals surface area contributed by atoms with Crippen molar-refractivity contribution in [2.45, 2.75) is 72.8 Å². The smallest absolute Gasteiger partial charge is 0.0144 e. The van der Waals surface area contributed by atoms with E-state index in [4.69, 9.17) is 0 Å². The van der Waals surface area contributed by atoms with Crippen LogP contribution in [-0.4, -0.2) is 49.6 Å². The lowest BCUT2D eigenvalue weighted by atomic mass is 9.61. The third-order valence-electron chi connectivity index (χ3n) is 6.81. The van der Waals surface area contributed by atoms with Crippen LogP contribution in [-0.2, 0) is 0 Å². The summed E-state index contributed by atoms with van der Waals surface area (Å²) in [6, 6.07) is 0.786. The summed E-state index contributed by atoms with van der Waals surface area (Å²) < 4.78 is 0. The van der Waals surface area contributed by atoms with Crippen LogP contribution >= 0.6 is 0 Å². The van der Waals surface area contributed by atoms with Gasteiger partial charge in [-0.15, -0.1) is 0 Å². The quantitative estimate of drug-likeness (QED) is 0.764. The Morgan fingerprint density at radius 3 is 2.14 bits per heavy atom. The van der Waals surface area contributed by atoms with E-state index in [2.05, 4.69) is 58.5 Å². The molecule has 0 saturated carbocycles. The zero-order valence-corrected chi connectivity index (χ0v) is 15.6. The van der Waals surface area contributed by atoms with Gasteiger partial charge in [-0.3, -0.25) is 0 Å². The van der Waals surface area contributed by atoms with E-state index in [9.17, 15) is 0 Å². The minimum Gasteiger partial charge on any atom is -0.306 e. The maximum atomic E-state index is 2.60. The summed E-state index contributed by atoms with van der Waals surface area (Å²) in [6.07, 6.45) is 6.92. The Bertz CT molecular complexity index is 355. The molecule has 0 amide bonds. The molecule has 124 valence electrons. The first kappa shape index (κ1) is 17.3. The molecule has 2 fully saturated rings. The second-order valence-electron chi connectivity index (χ2n) is 9.65. The van der Waals surface area contributed by atoms with E-state index in [0.29, 0.717) is 16.2 Å². The predicted octanol–water partition coefficient (Wildman–Crippen LogP) is 4.26. The van der Waals surface area contributed by atoms with Crippen molar-refractivity contribution >= 4 is 0 Å². The van der Waals surface area contributed by atoms with Crippen molar-refractivity contribution in [3.05, 3.63) is 0 Å². The Morgan fingerprint density at radius 2 is 1.71 bits per heavy atom. The normalized spacial score (nSPS) is 33.0. The van der Waals surface area contributed by atoms with E-state index in [1.54, 1.807) is 0 Å². The van der Waals surface area contributed by atoms with Crippen molar-refractivity contribution in [2.24, 2.45) is 16.2 Å². The van der Waals surface area contributed by atoms with Crippen molar-refractivity contribution in [1.82, 2.24) is 9.80 Å². The minimum absolute atomic E-state index is 0.412. The molecule has 0 aromatic carbocycles. The van der Waals surface area contributed by atoms with Crippen molar-refractivity contribution in [2.75, 3.05) is 33.7 Å². The van der Waals surface area contributed by atoms with E-state index in [0.717, 1.165) is 6.04 Å².